The molecule has 0 saturated carbocycles. The fraction of sp³-hybridized carbons (Fsp3) is 0. The summed E-state index contributed by atoms with van der Waals surface area (Å²) in [7, 11) is -7.72. The maximum absolute atomic E-state index is 12.5. The topological polar surface area (TPSA) is 106 Å². The van der Waals surface area contributed by atoms with E-state index in [4.69, 9.17) is 5.14 Å². The highest BCUT2D eigenvalue weighted by Crippen LogP contribution is 2.25. The van der Waals surface area contributed by atoms with Gasteiger partial charge < -0.3 is 0 Å². The number of hydrogen-bond acceptors (Lipinski definition) is 4. The molecule has 0 aliphatic rings. The van der Waals surface area contributed by atoms with E-state index in [9.17, 15) is 16.8 Å². The molecule has 0 fully saturated rings. The molecule has 3 aromatic rings. The van der Waals surface area contributed by atoms with Crippen molar-refractivity contribution in [2.24, 2.45) is 5.14 Å². The molecule has 0 heterocycles. The molecule has 0 amide bonds. The van der Waals surface area contributed by atoms with Crippen molar-refractivity contribution in [1.82, 2.24) is 0 Å². The van der Waals surface area contributed by atoms with Gasteiger partial charge in [-0.3, -0.25) is 4.72 Å². The minimum atomic E-state index is -3.87. The van der Waals surface area contributed by atoms with Gasteiger partial charge >= 0.3 is 0 Å². The van der Waals surface area contributed by atoms with E-state index in [2.05, 4.69) is 4.72 Å². The van der Waals surface area contributed by atoms with E-state index in [0.717, 1.165) is 22.9 Å². The van der Waals surface area contributed by atoms with Crippen LogP contribution in [-0.2, 0) is 20.0 Å². The predicted octanol–water partition coefficient (Wildman–Crippen LogP) is 2.29. The number of hydrogen-bond donors (Lipinski definition) is 2. The van der Waals surface area contributed by atoms with E-state index >= 15 is 0 Å². The summed E-state index contributed by atoms with van der Waals surface area (Å²) < 4.78 is 50.0. The third-order valence-electron chi connectivity index (χ3n) is 3.50. The van der Waals surface area contributed by atoms with E-state index in [1.165, 1.54) is 12.1 Å². The van der Waals surface area contributed by atoms with Crippen LogP contribution in [0.4, 0.5) is 5.69 Å². The Hall–Kier alpha value is -2.42. The number of nitrogens with one attached hydrogen (secondary N) is 1. The summed E-state index contributed by atoms with van der Waals surface area (Å²) in [6, 6.07) is 17.4. The Morgan fingerprint density at radius 3 is 1.96 bits per heavy atom. The second kappa shape index (κ2) is 5.90. The number of anilines is 1. The predicted molar refractivity (Wildman–Crippen MR) is 92.6 cm³/mol. The number of primary sulfonamides is 1. The highest BCUT2D eigenvalue weighted by atomic mass is 32.2. The summed E-state index contributed by atoms with van der Waals surface area (Å²) in [6.45, 7) is 0. The molecule has 0 spiro atoms. The lowest BCUT2D eigenvalue weighted by molar-refractivity contribution is 0.595. The molecule has 0 aromatic heterocycles. The summed E-state index contributed by atoms with van der Waals surface area (Å²) in [6.07, 6.45) is 0. The van der Waals surface area contributed by atoms with Crippen molar-refractivity contribution >= 4 is 36.5 Å². The van der Waals surface area contributed by atoms with E-state index in [0.29, 0.717) is 5.69 Å². The largest absolute Gasteiger partial charge is 0.279 e. The first-order valence-electron chi connectivity index (χ1n) is 6.91. The number of benzene rings is 3. The quantitative estimate of drug-likeness (QED) is 0.742. The maximum atomic E-state index is 12.5. The molecular weight excluding hydrogens is 348 g/mol. The Morgan fingerprint density at radius 2 is 1.29 bits per heavy atom. The third kappa shape index (κ3) is 3.25. The van der Waals surface area contributed by atoms with E-state index in [1.54, 1.807) is 12.1 Å². The molecule has 0 radical (unpaired) electrons. The highest BCUT2D eigenvalue weighted by molar-refractivity contribution is 7.92. The first kappa shape index (κ1) is 16.4. The van der Waals surface area contributed by atoms with Crippen LogP contribution in [0.1, 0.15) is 0 Å². The van der Waals surface area contributed by atoms with Crippen molar-refractivity contribution in [2.75, 3.05) is 4.72 Å². The molecule has 0 atom stereocenters. The first-order chi connectivity index (χ1) is 11.3. The molecule has 8 heteroatoms. The Balaban J connectivity index is 1.99. The van der Waals surface area contributed by atoms with Gasteiger partial charge in [-0.15, -0.1) is 0 Å². The maximum Gasteiger partial charge on any atom is 0.261 e. The number of nitrogens with two attached hydrogens (primary N) is 1. The van der Waals surface area contributed by atoms with Gasteiger partial charge in [0.05, 0.1) is 15.5 Å². The second-order valence-corrected chi connectivity index (χ2v) is 8.39. The van der Waals surface area contributed by atoms with Crippen LogP contribution in [0.25, 0.3) is 10.8 Å². The normalized spacial score (nSPS) is 12.2. The van der Waals surface area contributed by atoms with Crippen LogP contribution in [-0.4, -0.2) is 16.8 Å². The van der Waals surface area contributed by atoms with Crippen LogP contribution in [0, 0.1) is 0 Å². The van der Waals surface area contributed by atoms with Gasteiger partial charge in [0, 0.05) is 5.39 Å². The zero-order valence-electron chi connectivity index (χ0n) is 12.4. The molecule has 0 aliphatic heterocycles. The van der Waals surface area contributed by atoms with Gasteiger partial charge in [0.1, 0.15) is 0 Å². The van der Waals surface area contributed by atoms with Gasteiger partial charge in [0.15, 0.2) is 0 Å². The minimum absolute atomic E-state index is 0.0529. The molecule has 0 saturated heterocycles. The first-order valence-corrected chi connectivity index (χ1v) is 9.94. The lowest BCUT2D eigenvalue weighted by Crippen LogP contribution is -2.15. The average Bonchev–Trinajstić information content (AvgIpc) is 2.54. The lowest BCUT2D eigenvalue weighted by Gasteiger charge is -2.11. The molecule has 3 aromatic carbocycles. The van der Waals surface area contributed by atoms with Gasteiger partial charge in [-0.05, 0) is 35.7 Å². The monoisotopic (exact) mass is 362 g/mol. The standard InChI is InChI=1S/C16H14N2O4S2/c17-23(19,20)13-8-10-14(11-9-13)24(21,22)18-16-7-3-5-12-4-1-2-6-15(12)16/h1-11,18H,(H2,17,19,20). The van der Waals surface area contributed by atoms with Gasteiger partial charge in [-0.1, -0.05) is 36.4 Å². The molecule has 3 N–H and O–H groups in total. The summed E-state index contributed by atoms with van der Waals surface area (Å²) in [4.78, 5) is -0.200. The van der Waals surface area contributed by atoms with Crippen molar-refractivity contribution in [1.29, 1.82) is 0 Å². The molecule has 24 heavy (non-hydrogen) atoms. The van der Waals surface area contributed by atoms with Crippen LogP contribution in [0.2, 0.25) is 0 Å². The number of fused-ring (bicyclic) bond motifs is 1. The molecule has 0 unspecified atom stereocenters. The summed E-state index contributed by atoms with van der Waals surface area (Å²) in [5, 5.41) is 6.68. The Bertz CT molecular complexity index is 1100. The van der Waals surface area contributed by atoms with Crippen LogP contribution >= 0.6 is 0 Å². The minimum Gasteiger partial charge on any atom is -0.279 e. The molecule has 124 valence electrons. The summed E-state index contributed by atoms with van der Waals surface area (Å²) in [5.74, 6) is 0. The van der Waals surface area contributed by atoms with Gasteiger partial charge in [0.2, 0.25) is 10.0 Å². The van der Waals surface area contributed by atoms with Crippen molar-refractivity contribution in [3.63, 3.8) is 0 Å². The average molecular weight is 362 g/mol. The van der Waals surface area contributed by atoms with Crippen LogP contribution in [0.5, 0.6) is 0 Å². The summed E-state index contributed by atoms with van der Waals surface area (Å²) in [5.41, 5.74) is 0.448. The molecular formula is C16H14N2O4S2. The SMILES string of the molecule is NS(=O)(=O)c1ccc(S(=O)(=O)Nc2cccc3ccccc23)cc1. The number of sulfonamides is 2. The fourth-order valence-corrected chi connectivity index (χ4v) is 3.92. The van der Waals surface area contributed by atoms with Crippen LogP contribution < -0.4 is 9.86 Å². The van der Waals surface area contributed by atoms with Crippen molar-refractivity contribution < 1.29 is 16.8 Å². The zero-order chi connectivity index (χ0) is 17.4. The smallest absolute Gasteiger partial charge is 0.261 e. The van der Waals surface area contributed by atoms with Crippen molar-refractivity contribution in [3.05, 3.63) is 66.7 Å². The Kier molecular flexibility index (Phi) is 4.04. The third-order valence-corrected chi connectivity index (χ3v) is 5.81. The Morgan fingerprint density at radius 1 is 0.708 bits per heavy atom. The fourth-order valence-electron chi connectivity index (χ4n) is 2.33. The number of rotatable bonds is 4. The Labute approximate surface area is 140 Å². The molecule has 0 aliphatic carbocycles. The van der Waals surface area contributed by atoms with Crippen LogP contribution in [0.15, 0.2) is 76.5 Å². The highest BCUT2D eigenvalue weighted by Gasteiger charge is 2.17. The molecule has 0 bridgehead atoms. The summed E-state index contributed by atoms with van der Waals surface area (Å²) >= 11 is 0. The zero-order valence-corrected chi connectivity index (χ0v) is 14.0. The molecule has 6 nitrogen and oxygen atoms in total. The van der Waals surface area contributed by atoms with Crippen molar-refractivity contribution in [3.8, 4) is 0 Å². The van der Waals surface area contributed by atoms with Gasteiger partial charge in [-0.25, -0.2) is 22.0 Å². The van der Waals surface area contributed by atoms with Crippen molar-refractivity contribution in [2.45, 2.75) is 9.79 Å². The lowest BCUT2D eigenvalue weighted by atomic mass is 10.1. The molecule has 3 rings (SSSR count). The van der Waals surface area contributed by atoms with Gasteiger partial charge in [0.25, 0.3) is 10.0 Å². The van der Waals surface area contributed by atoms with E-state index < -0.39 is 20.0 Å². The van der Waals surface area contributed by atoms with Gasteiger partial charge in [-0.2, -0.15) is 0 Å². The van der Waals surface area contributed by atoms with Crippen LogP contribution in [0.3, 0.4) is 0 Å². The van der Waals surface area contributed by atoms with E-state index in [-0.39, 0.29) is 9.79 Å². The van der Waals surface area contributed by atoms with E-state index in [1.807, 2.05) is 30.3 Å². The second-order valence-electron chi connectivity index (χ2n) is 5.15.